The highest BCUT2D eigenvalue weighted by atomic mass is 35.5. The van der Waals surface area contributed by atoms with Crippen LogP contribution in [0.2, 0.25) is 5.02 Å². The van der Waals surface area contributed by atoms with Crippen molar-refractivity contribution in [2.75, 3.05) is 17.7 Å². The standard InChI is InChI=1S/C15H18ClN3/c1-4-12-6-5-7-15(18-12)19(3)14-9-11(16)8-13(17)10(14)2/h5-9H,4,17H2,1-3H3. The number of rotatable bonds is 3. The summed E-state index contributed by atoms with van der Waals surface area (Å²) in [6, 6.07) is 9.70. The molecule has 0 aliphatic heterocycles. The summed E-state index contributed by atoms with van der Waals surface area (Å²) in [7, 11) is 1.97. The summed E-state index contributed by atoms with van der Waals surface area (Å²) in [5, 5.41) is 0.636. The van der Waals surface area contributed by atoms with E-state index in [0.717, 1.165) is 29.2 Å². The molecule has 0 saturated heterocycles. The Balaban J connectivity index is 2.46. The maximum absolute atomic E-state index is 6.09. The zero-order chi connectivity index (χ0) is 14.0. The fraction of sp³-hybridized carbons (Fsp3) is 0.267. The fourth-order valence-corrected chi connectivity index (χ4v) is 2.23. The Morgan fingerprint density at radius 1 is 1.32 bits per heavy atom. The molecule has 0 aliphatic rings. The highest BCUT2D eigenvalue weighted by Crippen LogP contribution is 2.32. The van der Waals surface area contributed by atoms with Gasteiger partial charge in [0.25, 0.3) is 0 Å². The lowest BCUT2D eigenvalue weighted by Gasteiger charge is -2.22. The van der Waals surface area contributed by atoms with Gasteiger partial charge in [0.15, 0.2) is 0 Å². The first-order valence-electron chi connectivity index (χ1n) is 6.28. The molecular weight excluding hydrogens is 258 g/mol. The Labute approximate surface area is 119 Å². The molecule has 4 heteroatoms. The number of aromatic nitrogens is 1. The second kappa shape index (κ2) is 5.49. The third-order valence-corrected chi connectivity index (χ3v) is 3.46. The van der Waals surface area contributed by atoms with Crippen molar-refractivity contribution in [1.29, 1.82) is 0 Å². The van der Waals surface area contributed by atoms with Crippen molar-refractivity contribution >= 4 is 28.8 Å². The Morgan fingerprint density at radius 3 is 2.74 bits per heavy atom. The molecule has 0 spiro atoms. The molecule has 2 N–H and O–H groups in total. The molecule has 0 aliphatic carbocycles. The van der Waals surface area contributed by atoms with E-state index in [1.807, 2.05) is 43.1 Å². The van der Waals surface area contributed by atoms with E-state index in [0.29, 0.717) is 10.7 Å². The van der Waals surface area contributed by atoms with Gasteiger partial charge in [-0.25, -0.2) is 4.98 Å². The van der Waals surface area contributed by atoms with Crippen molar-refractivity contribution in [3.8, 4) is 0 Å². The SMILES string of the molecule is CCc1cccc(N(C)c2cc(Cl)cc(N)c2C)n1. The van der Waals surface area contributed by atoms with Gasteiger partial charge in [-0.3, -0.25) is 0 Å². The van der Waals surface area contributed by atoms with Crippen LogP contribution in [0.1, 0.15) is 18.2 Å². The van der Waals surface area contributed by atoms with Gasteiger partial charge in [0.05, 0.1) is 0 Å². The number of pyridine rings is 1. The highest BCUT2D eigenvalue weighted by Gasteiger charge is 2.11. The lowest BCUT2D eigenvalue weighted by molar-refractivity contribution is 1.01. The number of benzene rings is 1. The molecule has 0 fully saturated rings. The van der Waals surface area contributed by atoms with Crippen LogP contribution in [0.4, 0.5) is 17.2 Å². The second-order valence-electron chi connectivity index (χ2n) is 4.54. The molecule has 1 aromatic carbocycles. The van der Waals surface area contributed by atoms with Gasteiger partial charge in [0, 0.05) is 29.1 Å². The summed E-state index contributed by atoms with van der Waals surface area (Å²) in [5.74, 6) is 0.893. The van der Waals surface area contributed by atoms with Gasteiger partial charge in [-0.2, -0.15) is 0 Å². The van der Waals surface area contributed by atoms with Crippen molar-refractivity contribution in [2.24, 2.45) is 0 Å². The number of hydrogen-bond donors (Lipinski definition) is 1. The topological polar surface area (TPSA) is 42.1 Å². The molecule has 0 saturated carbocycles. The van der Waals surface area contributed by atoms with Crippen LogP contribution in [0, 0.1) is 6.92 Å². The first-order chi connectivity index (χ1) is 9.02. The van der Waals surface area contributed by atoms with Crippen molar-refractivity contribution in [3.05, 3.63) is 46.6 Å². The van der Waals surface area contributed by atoms with E-state index in [1.54, 1.807) is 6.07 Å². The van der Waals surface area contributed by atoms with Gasteiger partial charge < -0.3 is 10.6 Å². The molecular formula is C15H18ClN3. The summed E-state index contributed by atoms with van der Waals surface area (Å²) in [4.78, 5) is 6.62. The van der Waals surface area contributed by atoms with E-state index in [4.69, 9.17) is 17.3 Å². The predicted octanol–water partition coefficient (Wildman–Crippen LogP) is 3.96. The van der Waals surface area contributed by atoms with Crippen LogP contribution in [-0.4, -0.2) is 12.0 Å². The van der Waals surface area contributed by atoms with Crippen molar-refractivity contribution in [3.63, 3.8) is 0 Å². The van der Waals surface area contributed by atoms with Gasteiger partial charge in [-0.05, 0) is 43.2 Å². The minimum Gasteiger partial charge on any atom is -0.398 e. The smallest absolute Gasteiger partial charge is 0.132 e. The summed E-state index contributed by atoms with van der Waals surface area (Å²) in [5.41, 5.74) is 9.71. The lowest BCUT2D eigenvalue weighted by Crippen LogP contribution is -2.14. The second-order valence-corrected chi connectivity index (χ2v) is 4.98. The Morgan fingerprint density at radius 2 is 2.05 bits per heavy atom. The highest BCUT2D eigenvalue weighted by molar-refractivity contribution is 6.31. The lowest BCUT2D eigenvalue weighted by atomic mass is 10.1. The number of aryl methyl sites for hydroxylation is 1. The van der Waals surface area contributed by atoms with E-state index in [9.17, 15) is 0 Å². The maximum Gasteiger partial charge on any atom is 0.132 e. The average Bonchev–Trinajstić information content (AvgIpc) is 2.42. The van der Waals surface area contributed by atoms with Crippen molar-refractivity contribution in [2.45, 2.75) is 20.3 Å². The van der Waals surface area contributed by atoms with Gasteiger partial charge in [-0.15, -0.1) is 0 Å². The van der Waals surface area contributed by atoms with Crippen LogP contribution >= 0.6 is 11.6 Å². The summed E-state index contributed by atoms with van der Waals surface area (Å²) < 4.78 is 0. The van der Waals surface area contributed by atoms with Crippen molar-refractivity contribution < 1.29 is 0 Å². The van der Waals surface area contributed by atoms with Crippen molar-refractivity contribution in [1.82, 2.24) is 4.98 Å². The van der Waals surface area contributed by atoms with Crippen LogP contribution in [0.15, 0.2) is 30.3 Å². The minimum absolute atomic E-state index is 0.636. The number of nitrogens with two attached hydrogens (primary N) is 1. The minimum atomic E-state index is 0.636. The van der Waals surface area contributed by atoms with Gasteiger partial charge in [0.2, 0.25) is 0 Å². The molecule has 19 heavy (non-hydrogen) atoms. The number of nitrogen functional groups attached to an aromatic ring is 1. The molecule has 0 radical (unpaired) electrons. The number of halogens is 1. The van der Waals surface area contributed by atoms with E-state index >= 15 is 0 Å². The molecule has 0 bridgehead atoms. The van der Waals surface area contributed by atoms with E-state index in [2.05, 4.69) is 11.9 Å². The normalized spacial score (nSPS) is 10.5. The molecule has 0 atom stereocenters. The van der Waals surface area contributed by atoms with E-state index in [-0.39, 0.29) is 0 Å². The van der Waals surface area contributed by atoms with Crippen LogP contribution in [-0.2, 0) is 6.42 Å². The average molecular weight is 276 g/mol. The quantitative estimate of drug-likeness (QED) is 0.862. The Bertz CT molecular complexity index is 596. The summed E-state index contributed by atoms with van der Waals surface area (Å²) >= 11 is 6.09. The maximum atomic E-state index is 6.09. The molecule has 2 aromatic rings. The first-order valence-corrected chi connectivity index (χ1v) is 6.66. The monoisotopic (exact) mass is 275 g/mol. The summed E-state index contributed by atoms with van der Waals surface area (Å²) in [6.07, 6.45) is 0.915. The molecule has 1 heterocycles. The van der Waals surface area contributed by atoms with Gasteiger partial charge in [0.1, 0.15) is 5.82 Å². The molecule has 0 amide bonds. The van der Waals surface area contributed by atoms with Crippen LogP contribution in [0.25, 0.3) is 0 Å². The zero-order valence-electron chi connectivity index (χ0n) is 11.4. The van der Waals surface area contributed by atoms with Gasteiger partial charge >= 0.3 is 0 Å². The van der Waals surface area contributed by atoms with E-state index in [1.165, 1.54) is 0 Å². The summed E-state index contributed by atoms with van der Waals surface area (Å²) in [6.45, 7) is 4.08. The number of nitrogens with zero attached hydrogens (tertiary/aromatic N) is 2. The zero-order valence-corrected chi connectivity index (χ0v) is 12.2. The predicted molar refractivity (Wildman–Crippen MR) is 82.3 cm³/mol. The first kappa shape index (κ1) is 13.7. The van der Waals surface area contributed by atoms with E-state index < -0.39 is 0 Å². The number of anilines is 3. The third-order valence-electron chi connectivity index (χ3n) is 3.24. The molecule has 0 unspecified atom stereocenters. The largest absolute Gasteiger partial charge is 0.398 e. The Kier molecular flexibility index (Phi) is 3.96. The van der Waals surface area contributed by atoms with Gasteiger partial charge in [-0.1, -0.05) is 24.6 Å². The number of hydrogen-bond acceptors (Lipinski definition) is 3. The fourth-order valence-electron chi connectivity index (χ4n) is 2.01. The Hall–Kier alpha value is -1.74. The third kappa shape index (κ3) is 2.82. The molecule has 2 rings (SSSR count). The van der Waals surface area contributed by atoms with Crippen LogP contribution < -0.4 is 10.6 Å². The molecule has 1 aromatic heterocycles. The molecule has 100 valence electrons. The van der Waals surface area contributed by atoms with Crippen LogP contribution in [0.3, 0.4) is 0 Å². The molecule has 3 nitrogen and oxygen atoms in total. The van der Waals surface area contributed by atoms with Crippen LogP contribution in [0.5, 0.6) is 0 Å².